The molecule has 0 radical (unpaired) electrons. The maximum atomic E-state index is 14.4. The molecule has 1 spiro atoms. The van der Waals surface area contributed by atoms with Gasteiger partial charge in [-0.05, 0) is 84.7 Å². The van der Waals surface area contributed by atoms with Gasteiger partial charge in [-0.15, -0.1) is 0 Å². The van der Waals surface area contributed by atoms with Crippen LogP contribution in [0.2, 0.25) is 0 Å². The summed E-state index contributed by atoms with van der Waals surface area (Å²) in [6.45, 7) is 8.02. The van der Waals surface area contributed by atoms with Crippen LogP contribution in [-0.2, 0) is 22.6 Å². The van der Waals surface area contributed by atoms with Gasteiger partial charge in [-0.1, -0.05) is 109 Å². The fraction of sp³-hybridized carbons (Fsp3) is 0.173. The number of para-hydroxylation sites is 2. The molecular formula is C52H50N2O2S+2. The van der Waals surface area contributed by atoms with E-state index in [-0.39, 0.29) is 5.78 Å². The molecule has 0 bridgehead atoms. The Bertz CT molecular complexity index is 2330. The first-order valence-corrected chi connectivity index (χ1v) is 22.0. The zero-order valence-corrected chi connectivity index (χ0v) is 33.7. The number of hydrogen-bond donors (Lipinski definition) is 0. The lowest BCUT2D eigenvalue weighted by Crippen LogP contribution is -2.43. The van der Waals surface area contributed by atoms with Gasteiger partial charge >= 0.3 is 0 Å². The molecule has 3 atom stereocenters. The van der Waals surface area contributed by atoms with Gasteiger partial charge in [0.1, 0.15) is 46.3 Å². The molecule has 9 rings (SSSR count). The SMILES string of the molecule is CC[N+](Cc1ccccc1)(c1ccccc1)c1ccc(S2(c3ccc([N+](CC)(Cc4ccccc4)c4ccccc4)cc3)CC(=O)C3=COC4=CC=CCC432)cc1. The second-order valence-electron chi connectivity index (χ2n) is 15.5. The average molecular weight is 767 g/mol. The molecule has 1 saturated heterocycles. The van der Waals surface area contributed by atoms with Gasteiger partial charge < -0.3 is 4.74 Å². The van der Waals surface area contributed by atoms with Crippen LogP contribution in [0.4, 0.5) is 22.7 Å². The lowest BCUT2D eigenvalue weighted by molar-refractivity contribution is -0.113. The van der Waals surface area contributed by atoms with E-state index in [2.05, 4.69) is 202 Å². The van der Waals surface area contributed by atoms with Gasteiger partial charge in [-0.3, -0.25) is 13.8 Å². The Morgan fingerprint density at radius 1 is 0.561 bits per heavy atom. The molecule has 0 aromatic heterocycles. The van der Waals surface area contributed by atoms with Gasteiger partial charge in [0.2, 0.25) is 0 Å². The van der Waals surface area contributed by atoms with E-state index in [4.69, 9.17) is 4.74 Å². The second kappa shape index (κ2) is 15.0. The number of ether oxygens (including phenoxy) is 1. The number of rotatable bonds is 12. The lowest BCUT2D eigenvalue weighted by atomic mass is 9.90. The number of allylic oxidation sites excluding steroid dienone is 3. The molecule has 3 unspecified atom stereocenters. The van der Waals surface area contributed by atoms with Crippen LogP contribution < -0.4 is 8.97 Å². The maximum Gasteiger partial charge on any atom is 0.172 e. The van der Waals surface area contributed by atoms with Gasteiger partial charge in [0.25, 0.3) is 0 Å². The van der Waals surface area contributed by atoms with Crippen LogP contribution in [0.1, 0.15) is 31.4 Å². The van der Waals surface area contributed by atoms with Gasteiger partial charge in [0, 0.05) is 41.1 Å². The smallest absolute Gasteiger partial charge is 0.172 e. The molecule has 284 valence electrons. The van der Waals surface area contributed by atoms with Crippen molar-refractivity contribution in [3.63, 3.8) is 0 Å². The lowest BCUT2D eigenvalue weighted by Gasteiger charge is -2.50. The van der Waals surface area contributed by atoms with Crippen LogP contribution in [0.25, 0.3) is 0 Å². The highest BCUT2D eigenvalue weighted by Crippen LogP contribution is 2.80. The van der Waals surface area contributed by atoms with E-state index < -0.39 is 14.8 Å². The third-order valence-corrected chi connectivity index (χ3v) is 17.4. The molecule has 2 aliphatic heterocycles. The molecule has 57 heavy (non-hydrogen) atoms. The first-order chi connectivity index (χ1) is 28.0. The number of hydrogen-bond acceptors (Lipinski definition) is 2. The summed E-state index contributed by atoms with van der Waals surface area (Å²) in [7, 11) is -2.03. The summed E-state index contributed by atoms with van der Waals surface area (Å²) in [4.78, 5) is 16.8. The zero-order chi connectivity index (χ0) is 38.9. The van der Waals surface area contributed by atoms with Crippen LogP contribution in [0.15, 0.2) is 215 Å². The van der Waals surface area contributed by atoms with E-state index in [0.717, 1.165) is 43.9 Å². The first-order valence-electron chi connectivity index (χ1n) is 20.2. The van der Waals surface area contributed by atoms with Crippen molar-refractivity contribution < 1.29 is 9.53 Å². The monoisotopic (exact) mass is 766 g/mol. The predicted octanol–water partition coefficient (Wildman–Crippen LogP) is 12.7. The van der Waals surface area contributed by atoms with Crippen molar-refractivity contribution >= 4 is 38.6 Å². The van der Waals surface area contributed by atoms with Crippen molar-refractivity contribution in [1.82, 2.24) is 8.97 Å². The molecule has 1 aliphatic carbocycles. The van der Waals surface area contributed by atoms with E-state index in [1.807, 2.05) is 0 Å². The fourth-order valence-electron chi connectivity index (χ4n) is 9.88. The predicted molar refractivity (Wildman–Crippen MR) is 238 cm³/mol. The summed E-state index contributed by atoms with van der Waals surface area (Å²) < 4.78 is 7.18. The number of Topliss-reactive ketones (excluding diaryl/α,β-unsaturated/α-hetero) is 1. The Kier molecular flexibility index (Phi) is 9.70. The van der Waals surface area contributed by atoms with Crippen LogP contribution in [0, 0.1) is 0 Å². The molecule has 5 heteroatoms. The van der Waals surface area contributed by atoms with Crippen molar-refractivity contribution in [3.05, 3.63) is 217 Å². The zero-order valence-electron chi connectivity index (χ0n) is 32.8. The van der Waals surface area contributed by atoms with Crippen molar-refractivity contribution in [2.45, 2.75) is 47.9 Å². The van der Waals surface area contributed by atoms with Crippen molar-refractivity contribution in [2.24, 2.45) is 0 Å². The molecule has 4 nitrogen and oxygen atoms in total. The Labute approximate surface area is 339 Å². The molecule has 0 saturated carbocycles. The Balaban J connectivity index is 1.20. The Hall–Kier alpha value is -5.72. The number of quaternary nitrogens is 2. The minimum Gasteiger partial charge on any atom is -0.467 e. The number of carbonyl (C=O) groups excluding carboxylic acids is 1. The van der Waals surface area contributed by atoms with E-state index in [1.54, 1.807) is 6.26 Å². The van der Waals surface area contributed by atoms with Gasteiger partial charge in [0.05, 0.1) is 24.9 Å². The van der Waals surface area contributed by atoms with Gasteiger partial charge in [0.15, 0.2) is 5.78 Å². The largest absolute Gasteiger partial charge is 0.467 e. The molecular weight excluding hydrogens is 717 g/mol. The molecule has 6 aromatic rings. The van der Waals surface area contributed by atoms with Crippen LogP contribution in [-0.4, -0.2) is 29.4 Å². The first kappa shape index (κ1) is 36.9. The number of carbonyl (C=O) groups is 1. The highest BCUT2D eigenvalue weighted by molar-refractivity contribution is 8.36. The van der Waals surface area contributed by atoms with E-state index >= 15 is 0 Å². The molecule has 2 heterocycles. The Morgan fingerprint density at radius 3 is 1.42 bits per heavy atom. The second-order valence-corrected chi connectivity index (χ2v) is 18.9. The van der Waals surface area contributed by atoms with Gasteiger partial charge in [-0.2, -0.15) is 10.0 Å². The summed E-state index contributed by atoms with van der Waals surface area (Å²) in [5, 5.41) is 0. The summed E-state index contributed by atoms with van der Waals surface area (Å²) >= 11 is 0. The van der Waals surface area contributed by atoms with E-state index in [0.29, 0.717) is 14.7 Å². The molecule has 6 aromatic carbocycles. The summed E-state index contributed by atoms with van der Waals surface area (Å²) in [5.41, 5.74) is 8.38. The topological polar surface area (TPSA) is 26.3 Å². The van der Waals surface area contributed by atoms with Crippen molar-refractivity contribution in [2.75, 3.05) is 18.8 Å². The normalized spacial score (nSPS) is 22.8. The summed E-state index contributed by atoms with van der Waals surface area (Å²) in [5.74, 6) is 1.54. The van der Waals surface area contributed by atoms with E-state index in [9.17, 15) is 4.79 Å². The number of ketones is 1. The summed E-state index contributed by atoms with van der Waals surface area (Å²) in [6.07, 6.45) is 8.91. The number of benzene rings is 6. The minimum atomic E-state index is -2.03. The van der Waals surface area contributed by atoms with Crippen LogP contribution >= 0.6 is 10.0 Å². The minimum absolute atomic E-state index is 0.191. The van der Waals surface area contributed by atoms with Crippen molar-refractivity contribution in [3.8, 4) is 0 Å². The highest BCUT2D eigenvalue weighted by atomic mass is 32.3. The quantitative estimate of drug-likeness (QED) is 0.116. The van der Waals surface area contributed by atoms with E-state index in [1.165, 1.54) is 43.7 Å². The third kappa shape index (κ3) is 5.87. The Morgan fingerprint density at radius 2 is 0.982 bits per heavy atom. The number of nitrogens with zero attached hydrogens (tertiary/aromatic N) is 2. The fourth-order valence-corrected chi connectivity index (χ4v) is 14.7. The van der Waals surface area contributed by atoms with Crippen molar-refractivity contribution in [1.29, 1.82) is 0 Å². The third-order valence-electron chi connectivity index (χ3n) is 12.8. The summed E-state index contributed by atoms with van der Waals surface area (Å²) in [6, 6.07) is 62.1. The maximum absolute atomic E-state index is 14.4. The average Bonchev–Trinajstić information content (AvgIpc) is 3.80. The highest BCUT2D eigenvalue weighted by Gasteiger charge is 2.65. The van der Waals surface area contributed by atoms with Crippen LogP contribution in [0.5, 0.6) is 0 Å². The molecule has 0 N–H and O–H groups in total. The molecule has 1 fully saturated rings. The molecule has 3 aliphatic rings. The van der Waals surface area contributed by atoms with Crippen LogP contribution in [0.3, 0.4) is 0 Å². The van der Waals surface area contributed by atoms with Gasteiger partial charge in [-0.25, -0.2) is 0 Å². The standard InChI is InChI=1S/C52H50N2O2S/c1-3-53(43-23-13-7-14-24-43,37-41-19-9-5-10-20-41)45-28-32-47(33-29-45)57(40-50(55)49-39-56-51-27-17-18-36-52(49,51)57)48-34-30-46(31-35-48)54(4-2,44-25-15-8-16-26-44)38-42-21-11-6-12-22-42/h5-35,39H,3-4,36-38,40H2,1-2H3/q+2. The molecule has 0 amide bonds.